The fourth-order valence-electron chi connectivity index (χ4n) is 2.17. The third-order valence-corrected chi connectivity index (χ3v) is 3.15. The van der Waals surface area contributed by atoms with E-state index in [4.69, 9.17) is 5.26 Å². The molecule has 1 saturated carbocycles. The van der Waals surface area contributed by atoms with Crippen molar-refractivity contribution in [2.24, 2.45) is 5.92 Å². The summed E-state index contributed by atoms with van der Waals surface area (Å²) >= 11 is 0. The first-order valence-corrected chi connectivity index (χ1v) is 5.94. The summed E-state index contributed by atoms with van der Waals surface area (Å²) in [5.74, 6) is 0.423. The summed E-state index contributed by atoms with van der Waals surface area (Å²) in [6.45, 7) is 0.720. The zero-order valence-corrected chi connectivity index (χ0v) is 9.65. The Hall–Kier alpha value is -1.89. The van der Waals surface area contributed by atoms with Gasteiger partial charge in [-0.3, -0.25) is 9.78 Å². The highest BCUT2D eigenvalue weighted by molar-refractivity contribution is 5.92. The van der Waals surface area contributed by atoms with Crippen molar-refractivity contribution in [3.63, 3.8) is 0 Å². The monoisotopic (exact) mass is 229 g/mol. The molecule has 0 aliphatic heterocycles. The zero-order chi connectivity index (χ0) is 12.1. The highest BCUT2D eigenvalue weighted by Gasteiger charge is 2.16. The van der Waals surface area contributed by atoms with E-state index in [-0.39, 0.29) is 5.91 Å². The van der Waals surface area contributed by atoms with Gasteiger partial charge in [0.1, 0.15) is 5.69 Å². The van der Waals surface area contributed by atoms with Gasteiger partial charge in [0.15, 0.2) is 0 Å². The van der Waals surface area contributed by atoms with Crippen LogP contribution in [0.3, 0.4) is 0 Å². The Morgan fingerprint density at radius 3 is 3.00 bits per heavy atom. The lowest BCUT2D eigenvalue weighted by Crippen LogP contribution is -2.29. The van der Waals surface area contributed by atoms with E-state index in [1.807, 2.05) is 6.07 Å². The molecule has 2 rings (SSSR count). The average Bonchev–Trinajstić information content (AvgIpc) is 2.89. The van der Waals surface area contributed by atoms with Crippen LogP contribution >= 0.6 is 0 Å². The minimum atomic E-state index is -0.186. The van der Waals surface area contributed by atoms with Crippen LogP contribution in [0.15, 0.2) is 18.3 Å². The van der Waals surface area contributed by atoms with E-state index in [9.17, 15) is 4.79 Å². The van der Waals surface area contributed by atoms with Gasteiger partial charge in [0.25, 0.3) is 5.91 Å². The molecule has 1 heterocycles. The molecule has 0 bridgehead atoms. The van der Waals surface area contributed by atoms with Crippen LogP contribution in [0.2, 0.25) is 0 Å². The summed E-state index contributed by atoms with van der Waals surface area (Å²) in [4.78, 5) is 15.8. The molecule has 0 radical (unpaired) electrons. The standard InChI is InChI=1S/C13H15N3O/c14-8-11-5-6-15-12(7-11)13(17)16-9-10-3-1-2-4-10/h5-7,10H,1-4,9H2,(H,16,17). The van der Waals surface area contributed by atoms with E-state index in [1.54, 1.807) is 6.07 Å². The maximum absolute atomic E-state index is 11.8. The van der Waals surface area contributed by atoms with Crippen LogP contribution in [0, 0.1) is 17.2 Å². The third-order valence-electron chi connectivity index (χ3n) is 3.15. The number of nitrogens with one attached hydrogen (secondary N) is 1. The fourth-order valence-corrected chi connectivity index (χ4v) is 2.17. The van der Waals surface area contributed by atoms with E-state index in [0.29, 0.717) is 17.2 Å². The van der Waals surface area contributed by atoms with Crippen molar-refractivity contribution in [1.82, 2.24) is 10.3 Å². The molecule has 17 heavy (non-hydrogen) atoms. The van der Waals surface area contributed by atoms with Crippen LogP contribution in [0.25, 0.3) is 0 Å². The van der Waals surface area contributed by atoms with Gasteiger partial charge < -0.3 is 5.32 Å². The van der Waals surface area contributed by atoms with Gasteiger partial charge in [0.2, 0.25) is 0 Å². The molecule has 0 saturated heterocycles. The number of pyridine rings is 1. The van der Waals surface area contributed by atoms with E-state index in [2.05, 4.69) is 10.3 Å². The Morgan fingerprint density at radius 1 is 1.53 bits per heavy atom. The van der Waals surface area contributed by atoms with Gasteiger partial charge in [0.05, 0.1) is 11.6 Å². The molecule has 1 N–H and O–H groups in total. The van der Waals surface area contributed by atoms with Crippen molar-refractivity contribution in [3.8, 4) is 6.07 Å². The molecule has 1 aliphatic rings. The predicted octanol–water partition coefficient (Wildman–Crippen LogP) is 1.87. The van der Waals surface area contributed by atoms with Gasteiger partial charge in [-0.25, -0.2) is 0 Å². The van der Waals surface area contributed by atoms with Gasteiger partial charge in [0, 0.05) is 12.7 Å². The first-order chi connectivity index (χ1) is 8.29. The molecule has 4 heteroatoms. The van der Waals surface area contributed by atoms with Gasteiger partial charge in [-0.15, -0.1) is 0 Å². The summed E-state index contributed by atoms with van der Waals surface area (Å²) in [6, 6.07) is 5.11. The normalized spacial score (nSPS) is 15.5. The average molecular weight is 229 g/mol. The molecule has 0 unspecified atom stereocenters. The van der Waals surface area contributed by atoms with Crippen molar-refractivity contribution in [3.05, 3.63) is 29.6 Å². The largest absolute Gasteiger partial charge is 0.350 e. The first-order valence-electron chi connectivity index (χ1n) is 5.94. The summed E-state index contributed by atoms with van der Waals surface area (Å²) in [6.07, 6.45) is 6.42. The predicted molar refractivity (Wildman–Crippen MR) is 63.2 cm³/mol. The maximum atomic E-state index is 11.8. The third kappa shape index (κ3) is 3.04. The molecule has 88 valence electrons. The number of nitriles is 1. The number of carbonyl (C=O) groups excluding carboxylic acids is 1. The quantitative estimate of drug-likeness (QED) is 0.860. The van der Waals surface area contributed by atoms with Gasteiger partial charge in [-0.1, -0.05) is 12.8 Å². The second-order valence-electron chi connectivity index (χ2n) is 4.40. The Kier molecular flexibility index (Phi) is 3.71. The van der Waals surface area contributed by atoms with Crippen LogP contribution < -0.4 is 5.32 Å². The van der Waals surface area contributed by atoms with Crippen LogP contribution in [-0.2, 0) is 0 Å². The fraction of sp³-hybridized carbons (Fsp3) is 0.462. The Morgan fingerprint density at radius 2 is 2.29 bits per heavy atom. The molecule has 0 aromatic carbocycles. The maximum Gasteiger partial charge on any atom is 0.269 e. The summed E-state index contributed by atoms with van der Waals surface area (Å²) in [5, 5.41) is 11.6. The van der Waals surface area contributed by atoms with E-state index >= 15 is 0 Å². The lowest BCUT2D eigenvalue weighted by Gasteiger charge is -2.10. The molecule has 4 nitrogen and oxygen atoms in total. The SMILES string of the molecule is N#Cc1ccnc(C(=O)NCC2CCCC2)c1. The minimum absolute atomic E-state index is 0.186. The molecular weight excluding hydrogens is 214 g/mol. The molecule has 1 fully saturated rings. The topological polar surface area (TPSA) is 65.8 Å². The summed E-state index contributed by atoms with van der Waals surface area (Å²) in [5.41, 5.74) is 0.785. The molecular formula is C13H15N3O. The van der Waals surface area contributed by atoms with Crippen molar-refractivity contribution in [2.75, 3.05) is 6.54 Å². The molecule has 0 atom stereocenters. The number of amides is 1. The minimum Gasteiger partial charge on any atom is -0.350 e. The van der Waals surface area contributed by atoms with Crippen molar-refractivity contribution >= 4 is 5.91 Å². The zero-order valence-electron chi connectivity index (χ0n) is 9.65. The van der Waals surface area contributed by atoms with Crippen LogP contribution in [0.5, 0.6) is 0 Å². The van der Waals surface area contributed by atoms with Crippen LogP contribution in [-0.4, -0.2) is 17.4 Å². The second-order valence-corrected chi connectivity index (χ2v) is 4.40. The lowest BCUT2D eigenvalue weighted by atomic mass is 10.1. The lowest BCUT2D eigenvalue weighted by molar-refractivity contribution is 0.0942. The summed E-state index contributed by atoms with van der Waals surface area (Å²) < 4.78 is 0. The van der Waals surface area contributed by atoms with Crippen molar-refractivity contribution in [2.45, 2.75) is 25.7 Å². The van der Waals surface area contributed by atoms with Crippen LogP contribution in [0.1, 0.15) is 41.7 Å². The number of carbonyl (C=O) groups is 1. The molecule has 1 aliphatic carbocycles. The molecule has 0 spiro atoms. The molecule has 1 aromatic rings. The number of nitrogens with zero attached hydrogens (tertiary/aromatic N) is 2. The van der Waals surface area contributed by atoms with Gasteiger partial charge in [-0.2, -0.15) is 5.26 Å². The highest BCUT2D eigenvalue weighted by Crippen LogP contribution is 2.23. The Bertz CT molecular complexity index is 444. The van der Waals surface area contributed by atoms with Crippen LogP contribution in [0.4, 0.5) is 0 Å². The number of aromatic nitrogens is 1. The smallest absolute Gasteiger partial charge is 0.269 e. The van der Waals surface area contributed by atoms with E-state index in [0.717, 1.165) is 6.54 Å². The molecule has 1 amide bonds. The van der Waals surface area contributed by atoms with Crippen molar-refractivity contribution < 1.29 is 4.79 Å². The van der Waals surface area contributed by atoms with Gasteiger partial charge >= 0.3 is 0 Å². The Labute approximate surface area is 101 Å². The van der Waals surface area contributed by atoms with E-state index < -0.39 is 0 Å². The number of hydrogen-bond donors (Lipinski definition) is 1. The first kappa shape index (κ1) is 11.6. The highest BCUT2D eigenvalue weighted by atomic mass is 16.1. The molecule has 1 aromatic heterocycles. The number of hydrogen-bond acceptors (Lipinski definition) is 3. The van der Waals surface area contributed by atoms with Gasteiger partial charge in [-0.05, 0) is 30.9 Å². The van der Waals surface area contributed by atoms with E-state index in [1.165, 1.54) is 37.9 Å². The Balaban J connectivity index is 1.92. The second kappa shape index (κ2) is 5.44. The number of rotatable bonds is 3. The van der Waals surface area contributed by atoms with Crippen molar-refractivity contribution in [1.29, 1.82) is 5.26 Å². The summed E-state index contributed by atoms with van der Waals surface area (Å²) in [7, 11) is 0.